The maximum absolute atomic E-state index is 12.0. The number of unbranched alkanes of at least 4 members (excludes halogenated alkanes) is 2. The summed E-state index contributed by atoms with van der Waals surface area (Å²) >= 11 is 0. The molecule has 0 aromatic heterocycles. The maximum Gasteiger partial charge on any atom is 1.00 e. The number of hydrogen-bond acceptors (Lipinski definition) is 4. The van der Waals surface area contributed by atoms with Gasteiger partial charge in [0.2, 0.25) is 0 Å². The van der Waals surface area contributed by atoms with E-state index in [1.807, 2.05) is 18.2 Å². The summed E-state index contributed by atoms with van der Waals surface area (Å²) in [6.45, 7) is 4.20. The van der Waals surface area contributed by atoms with Gasteiger partial charge in [0, 0.05) is 17.5 Å². The molecule has 2 aromatic rings. The molecule has 0 saturated heterocycles. The van der Waals surface area contributed by atoms with Gasteiger partial charge in [-0.2, -0.15) is 8.42 Å². The first-order valence-electron chi connectivity index (χ1n) is 9.76. The standard InChI is InChI=1S/C18H24O3S.C4H4O4.Na.H/c1-3-5-9-14-13-15-10-7-8-12-17(15)18(22(19,20)21)16(14)11-6-4-2;5-3(6)1-2-4(7)8;;/h7-8,10,12-13H,3-6,9,11H2,1-2H3,(H,19,20,21);1-2H,(H,5,6)(H,7,8);;/q;;+1;-1/b;2-1+;;. The number of benzene rings is 2. The summed E-state index contributed by atoms with van der Waals surface area (Å²) in [5.41, 5.74) is 1.86. The number of aryl methyl sites for hydroxylation is 1. The number of aliphatic carboxylic acids is 2. The van der Waals surface area contributed by atoms with Crippen LogP contribution in [-0.2, 0) is 32.5 Å². The number of carboxylic acids is 2. The molecule has 0 aliphatic heterocycles. The van der Waals surface area contributed by atoms with Gasteiger partial charge < -0.3 is 11.6 Å². The first-order valence-corrected chi connectivity index (χ1v) is 11.2. The van der Waals surface area contributed by atoms with Crippen LogP contribution in [0.4, 0.5) is 0 Å². The predicted molar refractivity (Wildman–Crippen MR) is 117 cm³/mol. The van der Waals surface area contributed by atoms with Gasteiger partial charge >= 0.3 is 41.5 Å². The van der Waals surface area contributed by atoms with Crippen LogP contribution in [0.25, 0.3) is 10.8 Å². The first-order chi connectivity index (χ1) is 14.1. The molecule has 0 unspecified atom stereocenters. The van der Waals surface area contributed by atoms with Crippen LogP contribution in [0.1, 0.15) is 52.1 Å². The van der Waals surface area contributed by atoms with Crippen molar-refractivity contribution in [3.05, 3.63) is 53.6 Å². The van der Waals surface area contributed by atoms with Crippen molar-refractivity contribution in [2.24, 2.45) is 0 Å². The van der Waals surface area contributed by atoms with Crippen molar-refractivity contribution >= 4 is 32.8 Å². The molecule has 2 aromatic carbocycles. The first kappa shape index (κ1) is 29.3. The summed E-state index contributed by atoms with van der Waals surface area (Å²) in [5.74, 6) is -2.51. The van der Waals surface area contributed by atoms with E-state index in [4.69, 9.17) is 10.2 Å². The van der Waals surface area contributed by atoms with Crippen molar-refractivity contribution in [1.82, 2.24) is 0 Å². The monoisotopic (exact) mass is 460 g/mol. The second-order valence-corrected chi connectivity index (χ2v) is 8.11. The number of fused-ring (bicyclic) bond motifs is 1. The molecule has 0 bridgehead atoms. The summed E-state index contributed by atoms with van der Waals surface area (Å²) in [7, 11) is -4.24. The molecule has 31 heavy (non-hydrogen) atoms. The van der Waals surface area contributed by atoms with E-state index in [0.29, 0.717) is 24.0 Å². The van der Waals surface area contributed by atoms with Gasteiger partial charge in [0.25, 0.3) is 10.1 Å². The number of carbonyl (C=O) groups is 2. The minimum atomic E-state index is -4.24. The molecular formula is C22H29NaO7S. The zero-order valence-electron chi connectivity index (χ0n) is 19.2. The third-order valence-electron chi connectivity index (χ3n) is 4.40. The maximum atomic E-state index is 12.0. The SMILES string of the molecule is CCCCc1cc2ccccc2c(S(=O)(=O)O)c1CCCC.O=C(O)/C=C/C(=O)O.[H-].[Na+]. The molecule has 0 heterocycles. The van der Waals surface area contributed by atoms with Crippen LogP contribution in [0, 0.1) is 0 Å². The predicted octanol–water partition coefficient (Wildman–Crippen LogP) is 1.60. The molecule has 0 aliphatic carbocycles. The van der Waals surface area contributed by atoms with E-state index >= 15 is 0 Å². The largest absolute Gasteiger partial charge is 1.00 e. The Morgan fingerprint density at radius 3 is 1.97 bits per heavy atom. The fourth-order valence-corrected chi connectivity index (χ4v) is 4.08. The molecule has 9 heteroatoms. The normalized spacial score (nSPS) is 10.9. The van der Waals surface area contributed by atoms with Crippen molar-refractivity contribution < 1.29 is 63.8 Å². The molecule has 0 aliphatic rings. The fraction of sp³-hybridized carbons (Fsp3) is 0.364. The summed E-state index contributed by atoms with van der Waals surface area (Å²) in [6, 6.07) is 9.48. The Hall–Kier alpha value is -1.71. The van der Waals surface area contributed by atoms with Crippen molar-refractivity contribution in [1.29, 1.82) is 0 Å². The average molecular weight is 461 g/mol. The Bertz CT molecular complexity index is 1000. The van der Waals surface area contributed by atoms with E-state index < -0.39 is 22.1 Å². The Labute approximate surface area is 206 Å². The summed E-state index contributed by atoms with van der Waals surface area (Å²) in [5, 5.41) is 17.1. The molecule has 2 rings (SSSR count). The van der Waals surface area contributed by atoms with Crippen LogP contribution in [0.3, 0.4) is 0 Å². The molecular weight excluding hydrogens is 431 g/mol. The third kappa shape index (κ3) is 9.97. The Morgan fingerprint density at radius 2 is 1.48 bits per heavy atom. The number of rotatable bonds is 9. The summed E-state index contributed by atoms with van der Waals surface area (Å²) in [4.78, 5) is 19.2. The van der Waals surface area contributed by atoms with Crippen LogP contribution in [0.15, 0.2) is 47.4 Å². The molecule has 0 amide bonds. The van der Waals surface area contributed by atoms with Crippen LogP contribution in [0.5, 0.6) is 0 Å². The van der Waals surface area contributed by atoms with E-state index in [2.05, 4.69) is 19.9 Å². The van der Waals surface area contributed by atoms with Gasteiger partial charge in [0.05, 0.1) is 0 Å². The number of carboxylic acid groups (broad SMARTS) is 2. The van der Waals surface area contributed by atoms with E-state index in [9.17, 15) is 22.6 Å². The molecule has 0 saturated carbocycles. The van der Waals surface area contributed by atoms with Crippen LogP contribution < -0.4 is 29.6 Å². The van der Waals surface area contributed by atoms with Gasteiger partial charge in [-0.3, -0.25) is 4.55 Å². The van der Waals surface area contributed by atoms with Crippen LogP contribution in [0.2, 0.25) is 0 Å². The average Bonchev–Trinajstić information content (AvgIpc) is 2.68. The molecule has 0 spiro atoms. The third-order valence-corrected chi connectivity index (χ3v) is 5.39. The summed E-state index contributed by atoms with van der Waals surface area (Å²) in [6.07, 6.45) is 6.64. The summed E-state index contributed by atoms with van der Waals surface area (Å²) < 4.78 is 33.8. The molecule has 0 atom stereocenters. The zero-order chi connectivity index (χ0) is 22.7. The van der Waals surface area contributed by atoms with Gasteiger partial charge in [-0.1, -0.05) is 57.0 Å². The molecule has 0 fully saturated rings. The van der Waals surface area contributed by atoms with E-state index in [1.165, 1.54) is 0 Å². The van der Waals surface area contributed by atoms with Gasteiger partial charge in [-0.15, -0.1) is 0 Å². The molecule has 3 N–H and O–H groups in total. The zero-order valence-corrected chi connectivity index (χ0v) is 21.0. The van der Waals surface area contributed by atoms with Crippen LogP contribution >= 0.6 is 0 Å². The van der Waals surface area contributed by atoms with Crippen LogP contribution in [-0.4, -0.2) is 35.1 Å². The van der Waals surface area contributed by atoms with Gasteiger partial charge in [-0.05, 0) is 42.2 Å². The Balaban J connectivity index is 0. The van der Waals surface area contributed by atoms with Crippen molar-refractivity contribution in [2.75, 3.05) is 0 Å². The second kappa shape index (κ2) is 14.4. The van der Waals surface area contributed by atoms with Gasteiger partial charge in [0.15, 0.2) is 0 Å². The molecule has 166 valence electrons. The van der Waals surface area contributed by atoms with Gasteiger partial charge in [0.1, 0.15) is 4.90 Å². The smallest absolute Gasteiger partial charge is 1.00 e. The Morgan fingerprint density at radius 1 is 0.968 bits per heavy atom. The molecule has 7 nitrogen and oxygen atoms in total. The second-order valence-electron chi connectivity index (χ2n) is 6.76. The van der Waals surface area contributed by atoms with Crippen molar-refractivity contribution in [2.45, 2.75) is 57.3 Å². The quantitative estimate of drug-likeness (QED) is 0.294. The minimum absolute atomic E-state index is 0. The van der Waals surface area contributed by atoms with Crippen molar-refractivity contribution in [3.63, 3.8) is 0 Å². The van der Waals surface area contributed by atoms with Gasteiger partial charge in [-0.25, -0.2) is 9.59 Å². The van der Waals surface area contributed by atoms with E-state index in [0.717, 1.165) is 48.6 Å². The van der Waals surface area contributed by atoms with E-state index in [1.54, 1.807) is 6.07 Å². The Kier molecular flexibility index (Phi) is 13.6. The number of hydrogen-bond donors (Lipinski definition) is 3. The minimum Gasteiger partial charge on any atom is -1.00 e. The van der Waals surface area contributed by atoms with E-state index in [-0.39, 0.29) is 35.9 Å². The fourth-order valence-electron chi connectivity index (χ4n) is 3.07. The van der Waals surface area contributed by atoms with Crippen molar-refractivity contribution in [3.8, 4) is 0 Å². The topological polar surface area (TPSA) is 129 Å². The molecule has 0 radical (unpaired) electrons.